The van der Waals surface area contributed by atoms with Gasteiger partial charge in [0.15, 0.2) is 11.6 Å². The van der Waals surface area contributed by atoms with Gasteiger partial charge in [0.25, 0.3) is 0 Å². The van der Waals surface area contributed by atoms with Crippen LogP contribution in [0.1, 0.15) is 34.6 Å². The molecule has 4 rings (SSSR count). The predicted molar refractivity (Wildman–Crippen MR) is 133 cm³/mol. The molecule has 1 aliphatic rings. The highest BCUT2D eigenvalue weighted by Crippen LogP contribution is 2.22. The molecule has 35 heavy (non-hydrogen) atoms. The van der Waals surface area contributed by atoms with Crippen molar-refractivity contribution in [3.8, 4) is 5.69 Å². The number of ether oxygens (including phenoxy) is 1. The van der Waals surface area contributed by atoms with Gasteiger partial charge in [-0.15, -0.1) is 0 Å². The summed E-state index contributed by atoms with van der Waals surface area (Å²) in [5.74, 6) is -0.419. The highest BCUT2D eigenvalue weighted by Gasteiger charge is 2.24. The number of carbonyl (C=O) groups is 3. The predicted octanol–water partition coefficient (Wildman–Crippen LogP) is 3.01. The second-order valence-corrected chi connectivity index (χ2v) is 8.29. The van der Waals surface area contributed by atoms with E-state index in [1.54, 1.807) is 13.8 Å². The van der Waals surface area contributed by atoms with Gasteiger partial charge in [-0.05, 0) is 50.2 Å². The summed E-state index contributed by atoms with van der Waals surface area (Å²) in [4.78, 5) is 41.2. The fourth-order valence-electron chi connectivity index (χ4n) is 4.04. The summed E-state index contributed by atoms with van der Waals surface area (Å²) < 4.78 is 6.68. The minimum absolute atomic E-state index is 0.0482. The zero-order valence-corrected chi connectivity index (χ0v) is 19.9. The number of hydrogen-bond acceptors (Lipinski definition) is 7. The molecule has 0 spiro atoms. The van der Waals surface area contributed by atoms with Gasteiger partial charge in [-0.25, -0.2) is 9.48 Å². The lowest BCUT2D eigenvalue weighted by Crippen LogP contribution is -2.48. The van der Waals surface area contributed by atoms with Crippen molar-refractivity contribution in [3.05, 3.63) is 71.9 Å². The van der Waals surface area contributed by atoms with Gasteiger partial charge < -0.3 is 15.0 Å². The highest BCUT2D eigenvalue weighted by atomic mass is 16.5. The quantitative estimate of drug-likeness (QED) is 0.395. The first-order valence-electron chi connectivity index (χ1n) is 11.6. The normalized spacial score (nSPS) is 13.9. The summed E-state index contributed by atoms with van der Waals surface area (Å²) in [7, 11) is 0. The summed E-state index contributed by atoms with van der Waals surface area (Å²) in [6, 6.07) is 16.9. The van der Waals surface area contributed by atoms with E-state index in [0.717, 1.165) is 24.5 Å². The summed E-state index contributed by atoms with van der Waals surface area (Å²) in [5.41, 5.74) is 2.69. The van der Waals surface area contributed by atoms with Crippen LogP contribution in [0.4, 0.5) is 11.5 Å². The van der Waals surface area contributed by atoms with Gasteiger partial charge in [-0.3, -0.25) is 14.5 Å². The number of carbonyl (C=O) groups excluding carboxylic acids is 3. The molecular weight excluding hydrogens is 446 g/mol. The molecule has 1 fully saturated rings. The molecule has 1 aliphatic heterocycles. The summed E-state index contributed by atoms with van der Waals surface area (Å²) >= 11 is 0. The standard InChI is InChI=1S/C26H29N5O4/c1-3-35-26(34)23-17-27-31(22-7-5-4-6-8-22)25(23)28-24(33)18-29-13-15-30(16-14-29)21-11-9-20(10-12-21)19(2)32/h4-12,17H,3,13-16,18H2,1-2H3,(H,28,33). The zero-order chi connectivity index (χ0) is 24.8. The number of anilines is 2. The van der Waals surface area contributed by atoms with Crippen molar-refractivity contribution >= 4 is 29.2 Å². The molecule has 1 aromatic heterocycles. The van der Waals surface area contributed by atoms with Crippen molar-refractivity contribution in [1.29, 1.82) is 0 Å². The van der Waals surface area contributed by atoms with Crippen molar-refractivity contribution in [2.24, 2.45) is 0 Å². The molecule has 3 aromatic rings. The highest BCUT2D eigenvalue weighted by molar-refractivity contribution is 6.01. The van der Waals surface area contributed by atoms with Crippen LogP contribution in [0.2, 0.25) is 0 Å². The number of ketones is 1. The van der Waals surface area contributed by atoms with Crippen LogP contribution >= 0.6 is 0 Å². The number of benzene rings is 2. The molecule has 1 saturated heterocycles. The Morgan fingerprint density at radius 1 is 0.943 bits per heavy atom. The first-order valence-corrected chi connectivity index (χ1v) is 11.6. The lowest BCUT2D eigenvalue weighted by molar-refractivity contribution is -0.117. The molecule has 0 atom stereocenters. The molecule has 182 valence electrons. The number of piperazine rings is 1. The molecule has 0 saturated carbocycles. The minimum Gasteiger partial charge on any atom is -0.462 e. The van der Waals surface area contributed by atoms with Crippen LogP contribution in [0.3, 0.4) is 0 Å². The number of aromatic nitrogens is 2. The Morgan fingerprint density at radius 2 is 1.63 bits per heavy atom. The van der Waals surface area contributed by atoms with Gasteiger partial charge in [0, 0.05) is 37.4 Å². The van der Waals surface area contributed by atoms with Crippen molar-refractivity contribution in [2.45, 2.75) is 13.8 Å². The third kappa shape index (κ3) is 5.75. The number of nitrogens with zero attached hydrogens (tertiary/aromatic N) is 4. The number of Topliss-reactive ketones (excluding diaryl/α,β-unsaturated/α-hetero) is 1. The van der Waals surface area contributed by atoms with Crippen molar-refractivity contribution in [2.75, 3.05) is 49.5 Å². The van der Waals surface area contributed by atoms with E-state index in [9.17, 15) is 14.4 Å². The first-order chi connectivity index (χ1) is 17.0. The minimum atomic E-state index is -0.533. The van der Waals surface area contributed by atoms with E-state index in [1.165, 1.54) is 10.9 Å². The molecule has 0 bridgehead atoms. The smallest absolute Gasteiger partial charge is 0.343 e. The number of esters is 1. The Kier molecular flexibility index (Phi) is 7.57. The first kappa shape index (κ1) is 24.2. The Bertz CT molecular complexity index is 1180. The molecule has 0 radical (unpaired) electrons. The average Bonchev–Trinajstić information content (AvgIpc) is 3.28. The second kappa shape index (κ2) is 11.0. The summed E-state index contributed by atoms with van der Waals surface area (Å²) in [6.45, 7) is 6.67. The van der Waals surface area contributed by atoms with Gasteiger partial charge in [-0.1, -0.05) is 18.2 Å². The molecule has 0 aliphatic carbocycles. The molecular formula is C26H29N5O4. The molecule has 2 heterocycles. The third-order valence-electron chi connectivity index (χ3n) is 5.90. The Balaban J connectivity index is 1.40. The van der Waals surface area contributed by atoms with E-state index in [-0.39, 0.29) is 30.4 Å². The molecule has 1 amide bonds. The lowest BCUT2D eigenvalue weighted by Gasteiger charge is -2.35. The summed E-state index contributed by atoms with van der Waals surface area (Å²) in [5, 5.41) is 7.19. The fourth-order valence-corrected chi connectivity index (χ4v) is 4.04. The second-order valence-electron chi connectivity index (χ2n) is 8.29. The van der Waals surface area contributed by atoms with Crippen molar-refractivity contribution < 1.29 is 19.1 Å². The van der Waals surface area contributed by atoms with Gasteiger partial charge in [-0.2, -0.15) is 5.10 Å². The molecule has 0 unspecified atom stereocenters. The Labute approximate surface area is 204 Å². The number of nitrogens with one attached hydrogen (secondary N) is 1. The number of hydrogen-bond donors (Lipinski definition) is 1. The van der Waals surface area contributed by atoms with E-state index in [2.05, 4.69) is 20.2 Å². The van der Waals surface area contributed by atoms with Crippen LogP contribution in [-0.2, 0) is 9.53 Å². The fraction of sp³-hybridized carbons (Fsp3) is 0.308. The molecule has 9 heteroatoms. The van der Waals surface area contributed by atoms with Crippen LogP contribution in [0.5, 0.6) is 0 Å². The van der Waals surface area contributed by atoms with Gasteiger partial charge >= 0.3 is 5.97 Å². The van der Waals surface area contributed by atoms with Crippen molar-refractivity contribution in [1.82, 2.24) is 14.7 Å². The third-order valence-corrected chi connectivity index (χ3v) is 5.90. The van der Waals surface area contributed by atoms with Gasteiger partial charge in [0.2, 0.25) is 5.91 Å². The SMILES string of the molecule is CCOC(=O)c1cnn(-c2ccccc2)c1NC(=O)CN1CCN(c2ccc(C(C)=O)cc2)CC1. The average molecular weight is 476 g/mol. The van der Waals surface area contributed by atoms with Gasteiger partial charge in [0.1, 0.15) is 5.56 Å². The largest absolute Gasteiger partial charge is 0.462 e. The maximum Gasteiger partial charge on any atom is 0.343 e. The Morgan fingerprint density at radius 3 is 2.26 bits per heavy atom. The molecule has 9 nitrogen and oxygen atoms in total. The van der Waals surface area contributed by atoms with Crippen LogP contribution in [-0.4, -0.2) is 71.7 Å². The lowest BCUT2D eigenvalue weighted by atomic mass is 10.1. The van der Waals surface area contributed by atoms with E-state index in [1.807, 2.05) is 54.6 Å². The van der Waals surface area contributed by atoms with Crippen LogP contribution in [0.25, 0.3) is 5.69 Å². The van der Waals surface area contributed by atoms with Gasteiger partial charge in [0.05, 0.1) is 25.0 Å². The van der Waals surface area contributed by atoms with Crippen LogP contribution < -0.4 is 10.2 Å². The summed E-state index contributed by atoms with van der Waals surface area (Å²) in [6.07, 6.45) is 1.41. The number of rotatable bonds is 8. The number of para-hydroxylation sites is 1. The van der Waals surface area contributed by atoms with E-state index < -0.39 is 5.97 Å². The Hall–Kier alpha value is -3.98. The topological polar surface area (TPSA) is 96.8 Å². The maximum absolute atomic E-state index is 13.0. The van der Waals surface area contributed by atoms with E-state index in [4.69, 9.17) is 4.74 Å². The molecule has 2 aromatic carbocycles. The van der Waals surface area contributed by atoms with Crippen molar-refractivity contribution in [3.63, 3.8) is 0 Å². The molecule has 1 N–H and O–H groups in total. The van der Waals surface area contributed by atoms with E-state index >= 15 is 0 Å². The number of amides is 1. The van der Waals surface area contributed by atoms with E-state index in [0.29, 0.717) is 24.5 Å². The maximum atomic E-state index is 13.0. The zero-order valence-electron chi connectivity index (χ0n) is 19.9. The monoisotopic (exact) mass is 475 g/mol. The van der Waals surface area contributed by atoms with Crippen LogP contribution in [0.15, 0.2) is 60.8 Å². The van der Waals surface area contributed by atoms with Crippen LogP contribution in [0, 0.1) is 0 Å².